The molecule has 1 unspecified atom stereocenters. The van der Waals surface area contributed by atoms with Gasteiger partial charge in [0.1, 0.15) is 5.82 Å². The molecular formula is C11H12N2OS. The first kappa shape index (κ1) is 9.12. The number of ether oxygens (including phenoxy) is 1. The van der Waals surface area contributed by atoms with Crippen LogP contribution in [0.1, 0.15) is 6.42 Å². The molecule has 1 aliphatic heterocycles. The molecule has 2 aromatic heterocycles. The van der Waals surface area contributed by atoms with Crippen molar-refractivity contribution in [2.45, 2.75) is 12.5 Å². The van der Waals surface area contributed by atoms with Crippen molar-refractivity contribution < 1.29 is 4.74 Å². The highest BCUT2D eigenvalue weighted by molar-refractivity contribution is 7.17. The van der Waals surface area contributed by atoms with Gasteiger partial charge < -0.3 is 10.1 Å². The zero-order valence-electron chi connectivity index (χ0n) is 8.27. The van der Waals surface area contributed by atoms with E-state index in [1.165, 1.54) is 10.1 Å². The summed E-state index contributed by atoms with van der Waals surface area (Å²) in [6.07, 6.45) is 2.93. The maximum Gasteiger partial charge on any atom is 0.134 e. The first-order valence-electron chi connectivity index (χ1n) is 5.10. The summed E-state index contributed by atoms with van der Waals surface area (Å²) in [5.74, 6) is 0.990. The van der Waals surface area contributed by atoms with Gasteiger partial charge in [-0.3, -0.25) is 0 Å². The third kappa shape index (κ3) is 1.70. The molecule has 1 N–H and O–H groups in total. The van der Waals surface area contributed by atoms with E-state index < -0.39 is 0 Å². The number of nitrogens with zero attached hydrogens (tertiary/aromatic N) is 1. The van der Waals surface area contributed by atoms with Crippen LogP contribution in [-0.2, 0) is 4.74 Å². The van der Waals surface area contributed by atoms with Gasteiger partial charge in [-0.25, -0.2) is 4.98 Å². The van der Waals surface area contributed by atoms with Crippen LogP contribution in [0, 0.1) is 0 Å². The van der Waals surface area contributed by atoms with E-state index in [4.69, 9.17) is 4.74 Å². The number of hydrogen-bond donors (Lipinski definition) is 1. The highest BCUT2D eigenvalue weighted by atomic mass is 32.1. The smallest absolute Gasteiger partial charge is 0.134 e. The van der Waals surface area contributed by atoms with Crippen molar-refractivity contribution in [2.75, 3.05) is 18.5 Å². The van der Waals surface area contributed by atoms with Crippen LogP contribution in [-0.4, -0.2) is 24.2 Å². The molecule has 0 amide bonds. The Hall–Kier alpha value is -1.13. The average molecular weight is 220 g/mol. The van der Waals surface area contributed by atoms with E-state index in [2.05, 4.69) is 27.8 Å². The molecule has 0 bridgehead atoms. The number of fused-ring (bicyclic) bond motifs is 1. The molecule has 3 nitrogen and oxygen atoms in total. The zero-order valence-corrected chi connectivity index (χ0v) is 9.09. The molecule has 2 aromatic rings. The molecular weight excluding hydrogens is 208 g/mol. The predicted octanol–water partition coefficient (Wildman–Crippen LogP) is 2.50. The summed E-state index contributed by atoms with van der Waals surface area (Å²) in [5.41, 5.74) is 0. The summed E-state index contributed by atoms with van der Waals surface area (Å²) in [6.45, 7) is 1.65. The number of rotatable bonds is 2. The van der Waals surface area contributed by atoms with Gasteiger partial charge in [0.2, 0.25) is 0 Å². The van der Waals surface area contributed by atoms with Gasteiger partial charge in [-0.05, 0) is 23.9 Å². The van der Waals surface area contributed by atoms with E-state index in [1.54, 1.807) is 11.3 Å². The third-order valence-corrected chi connectivity index (χ3v) is 3.53. The normalized spacial score (nSPS) is 20.9. The fourth-order valence-corrected chi connectivity index (χ4v) is 2.63. The Labute approximate surface area is 92.1 Å². The summed E-state index contributed by atoms with van der Waals surface area (Å²) in [4.78, 5) is 4.38. The lowest BCUT2D eigenvalue weighted by Crippen LogP contribution is -2.19. The molecule has 0 aliphatic carbocycles. The Morgan fingerprint density at radius 1 is 1.47 bits per heavy atom. The Kier molecular flexibility index (Phi) is 2.31. The minimum atomic E-state index is 0.419. The Bertz CT molecular complexity index is 462. The fraction of sp³-hybridized carbons (Fsp3) is 0.364. The Morgan fingerprint density at radius 2 is 2.47 bits per heavy atom. The molecule has 78 valence electrons. The molecule has 15 heavy (non-hydrogen) atoms. The highest BCUT2D eigenvalue weighted by Gasteiger charge is 2.16. The number of hydrogen-bond acceptors (Lipinski definition) is 4. The topological polar surface area (TPSA) is 34.1 Å². The maximum atomic E-state index is 5.34. The van der Waals surface area contributed by atoms with Crippen molar-refractivity contribution in [2.24, 2.45) is 0 Å². The second-order valence-corrected chi connectivity index (χ2v) is 4.64. The van der Waals surface area contributed by atoms with Crippen molar-refractivity contribution in [1.29, 1.82) is 0 Å². The van der Waals surface area contributed by atoms with Gasteiger partial charge >= 0.3 is 0 Å². The fourth-order valence-electron chi connectivity index (χ4n) is 1.85. The molecule has 1 aliphatic rings. The molecule has 3 rings (SSSR count). The van der Waals surface area contributed by atoms with Gasteiger partial charge in [-0.15, -0.1) is 11.3 Å². The SMILES string of the molecule is c1cc2sccc2c(NC2CCOC2)n1. The largest absolute Gasteiger partial charge is 0.379 e. The van der Waals surface area contributed by atoms with Crippen LogP contribution < -0.4 is 5.32 Å². The first-order valence-corrected chi connectivity index (χ1v) is 5.98. The van der Waals surface area contributed by atoms with E-state index >= 15 is 0 Å². The first-order chi connectivity index (χ1) is 7.43. The van der Waals surface area contributed by atoms with Gasteiger partial charge in [-0.2, -0.15) is 0 Å². The lowest BCUT2D eigenvalue weighted by molar-refractivity contribution is 0.195. The summed E-state index contributed by atoms with van der Waals surface area (Å²) in [6, 6.07) is 4.59. The number of aromatic nitrogens is 1. The van der Waals surface area contributed by atoms with Crippen LogP contribution in [0.2, 0.25) is 0 Å². The van der Waals surface area contributed by atoms with Gasteiger partial charge in [0.25, 0.3) is 0 Å². The van der Waals surface area contributed by atoms with Gasteiger partial charge in [0, 0.05) is 22.9 Å². The summed E-state index contributed by atoms with van der Waals surface area (Å²) >= 11 is 1.75. The minimum absolute atomic E-state index is 0.419. The van der Waals surface area contributed by atoms with E-state index in [-0.39, 0.29) is 0 Å². The van der Waals surface area contributed by atoms with Crippen molar-refractivity contribution in [1.82, 2.24) is 4.98 Å². The Balaban J connectivity index is 1.92. The third-order valence-electron chi connectivity index (χ3n) is 2.65. The number of thiophene rings is 1. The minimum Gasteiger partial charge on any atom is -0.379 e. The standard InChI is InChI=1S/C11H12N2OS/c1-4-12-11(9-3-6-15-10(1)9)13-8-2-5-14-7-8/h1,3-4,6,8H,2,5,7H2,(H,12,13). The van der Waals surface area contributed by atoms with E-state index in [1.807, 2.05) is 6.20 Å². The molecule has 0 saturated carbocycles. The Morgan fingerprint density at radius 3 is 3.33 bits per heavy atom. The molecule has 0 aromatic carbocycles. The average Bonchev–Trinajstić information content (AvgIpc) is 2.87. The molecule has 4 heteroatoms. The van der Waals surface area contributed by atoms with E-state index in [9.17, 15) is 0 Å². The zero-order chi connectivity index (χ0) is 10.1. The van der Waals surface area contributed by atoms with Gasteiger partial charge in [0.05, 0.1) is 12.6 Å². The van der Waals surface area contributed by atoms with Crippen molar-refractivity contribution in [3.8, 4) is 0 Å². The van der Waals surface area contributed by atoms with Crippen molar-refractivity contribution >= 4 is 27.2 Å². The summed E-state index contributed by atoms with van der Waals surface area (Å²) < 4.78 is 6.62. The van der Waals surface area contributed by atoms with Crippen LogP contribution in [0.25, 0.3) is 10.1 Å². The lowest BCUT2D eigenvalue weighted by atomic mass is 10.2. The number of pyridine rings is 1. The predicted molar refractivity (Wildman–Crippen MR) is 62.5 cm³/mol. The molecule has 1 saturated heterocycles. The van der Waals surface area contributed by atoms with Crippen LogP contribution in [0.15, 0.2) is 23.7 Å². The lowest BCUT2D eigenvalue weighted by Gasteiger charge is -2.11. The van der Waals surface area contributed by atoms with Gasteiger partial charge in [-0.1, -0.05) is 0 Å². The van der Waals surface area contributed by atoms with Crippen LogP contribution in [0.3, 0.4) is 0 Å². The van der Waals surface area contributed by atoms with E-state index in [0.717, 1.165) is 25.5 Å². The summed E-state index contributed by atoms with van der Waals surface area (Å²) in [7, 11) is 0. The number of anilines is 1. The van der Waals surface area contributed by atoms with E-state index in [0.29, 0.717) is 6.04 Å². The quantitative estimate of drug-likeness (QED) is 0.844. The monoisotopic (exact) mass is 220 g/mol. The van der Waals surface area contributed by atoms with Gasteiger partial charge in [0.15, 0.2) is 0 Å². The van der Waals surface area contributed by atoms with Crippen LogP contribution >= 0.6 is 11.3 Å². The van der Waals surface area contributed by atoms with Crippen molar-refractivity contribution in [3.63, 3.8) is 0 Å². The maximum absolute atomic E-state index is 5.34. The molecule has 0 spiro atoms. The molecule has 1 fully saturated rings. The van der Waals surface area contributed by atoms with Crippen LogP contribution in [0.4, 0.5) is 5.82 Å². The second kappa shape index (κ2) is 3.79. The highest BCUT2D eigenvalue weighted by Crippen LogP contribution is 2.26. The van der Waals surface area contributed by atoms with Crippen LogP contribution in [0.5, 0.6) is 0 Å². The number of nitrogens with one attached hydrogen (secondary N) is 1. The second-order valence-electron chi connectivity index (χ2n) is 3.70. The molecule has 0 radical (unpaired) electrons. The molecule has 3 heterocycles. The molecule has 1 atom stereocenters. The van der Waals surface area contributed by atoms with Crippen molar-refractivity contribution in [3.05, 3.63) is 23.7 Å². The summed E-state index contributed by atoms with van der Waals surface area (Å²) in [5, 5.41) is 6.76.